The van der Waals surface area contributed by atoms with E-state index in [1.54, 1.807) is 36.5 Å². The SMILES string of the molecule is CN/C=C(\C=N)C1CN(C(O)C(=N)/C=C(\O)c2cccnc2)Cc2ccccc21. The minimum absolute atomic E-state index is 0.108. The van der Waals surface area contributed by atoms with Crippen LogP contribution in [0.4, 0.5) is 0 Å². The van der Waals surface area contributed by atoms with E-state index < -0.39 is 6.23 Å². The Hall–Kier alpha value is -3.29. The minimum Gasteiger partial charge on any atom is -0.507 e. The van der Waals surface area contributed by atoms with Gasteiger partial charge >= 0.3 is 0 Å². The van der Waals surface area contributed by atoms with E-state index in [1.165, 1.54) is 18.5 Å². The maximum Gasteiger partial charge on any atom is 0.150 e. The fourth-order valence-electron chi connectivity index (χ4n) is 3.53. The molecule has 1 aromatic carbocycles. The number of pyridine rings is 1. The lowest BCUT2D eigenvalue weighted by molar-refractivity contribution is 0.0427. The summed E-state index contributed by atoms with van der Waals surface area (Å²) in [5, 5.41) is 40.1. The first-order chi connectivity index (χ1) is 14.0. The average Bonchev–Trinajstić information content (AvgIpc) is 2.76. The van der Waals surface area contributed by atoms with Gasteiger partial charge in [-0.3, -0.25) is 9.88 Å². The van der Waals surface area contributed by atoms with Gasteiger partial charge in [-0.15, -0.1) is 0 Å². The lowest BCUT2D eigenvalue weighted by Gasteiger charge is -2.37. The fraction of sp³-hybridized carbons (Fsp3) is 0.227. The summed E-state index contributed by atoms with van der Waals surface area (Å²) < 4.78 is 0. The Kier molecular flexibility index (Phi) is 6.54. The Morgan fingerprint density at radius 2 is 2.10 bits per heavy atom. The second-order valence-electron chi connectivity index (χ2n) is 6.86. The Bertz CT molecular complexity index is 939. The Labute approximate surface area is 170 Å². The van der Waals surface area contributed by atoms with Crippen molar-refractivity contribution < 1.29 is 10.2 Å². The number of aromatic nitrogens is 1. The van der Waals surface area contributed by atoms with Crippen molar-refractivity contribution in [2.45, 2.75) is 18.7 Å². The van der Waals surface area contributed by atoms with Crippen LogP contribution in [-0.4, -0.2) is 51.8 Å². The first-order valence-electron chi connectivity index (χ1n) is 9.32. The Morgan fingerprint density at radius 1 is 1.31 bits per heavy atom. The van der Waals surface area contributed by atoms with E-state index in [-0.39, 0.29) is 17.4 Å². The van der Waals surface area contributed by atoms with Crippen molar-refractivity contribution in [3.63, 3.8) is 0 Å². The Balaban J connectivity index is 1.86. The molecule has 7 heteroatoms. The van der Waals surface area contributed by atoms with Crippen molar-refractivity contribution in [2.24, 2.45) is 0 Å². The van der Waals surface area contributed by atoms with Crippen LogP contribution in [0.1, 0.15) is 22.6 Å². The molecule has 0 bridgehead atoms. The molecule has 0 saturated heterocycles. The number of nitrogens with zero attached hydrogens (tertiary/aromatic N) is 2. The molecule has 0 spiro atoms. The van der Waals surface area contributed by atoms with Gasteiger partial charge in [0.25, 0.3) is 0 Å². The Morgan fingerprint density at radius 3 is 2.79 bits per heavy atom. The van der Waals surface area contributed by atoms with Crippen molar-refractivity contribution in [1.82, 2.24) is 15.2 Å². The largest absolute Gasteiger partial charge is 0.507 e. The fourth-order valence-corrected chi connectivity index (χ4v) is 3.53. The molecule has 7 nitrogen and oxygen atoms in total. The van der Waals surface area contributed by atoms with Gasteiger partial charge in [-0.25, -0.2) is 0 Å². The number of aliphatic hydroxyl groups excluding tert-OH is 2. The first-order valence-corrected chi connectivity index (χ1v) is 9.32. The molecule has 1 aliphatic rings. The zero-order valence-electron chi connectivity index (χ0n) is 16.2. The molecule has 150 valence electrons. The van der Waals surface area contributed by atoms with Gasteiger partial charge in [-0.2, -0.15) is 0 Å². The summed E-state index contributed by atoms with van der Waals surface area (Å²) in [5.74, 6) is -0.227. The molecule has 0 amide bonds. The lowest BCUT2D eigenvalue weighted by Crippen LogP contribution is -2.45. The van der Waals surface area contributed by atoms with E-state index in [9.17, 15) is 10.2 Å². The van der Waals surface area contributed by atoms with Crippen molar-refractivity contribution in [3.8, 4) is 0 Å². The van der Waals surface area contributed by atoms with E-state index in [0.717, 1.165) is 16.7 Å². The normalized spacial score (nSPS) is 18.6. The highest BCUT2D eigenvalue weighted by atomic mass is 16.3. The predicted octanol–water partition coefficient (Wildman–Crippen LogP) is 2.67. The number of benzene rings is 1. The molecule has 3 rings (SSSR count). The maximum atomic E-state index is 10.8. The van der Waals surface area contributed by atoms with Gasteiger partial charge in [-0.1, -0.05) is 24.3 Å². The molecule has 0 radical (unpaired) electrons. The molecule has 2 atom stereocenters. The topological polar surface area (TPSA) is 116 Å². The predicted molar refractivity (Wildman–Crippen MR) is 114 cm³/mol. The van der Waals surface area contributed by atoms with Crippen LogP contribution in [0.3, 0.4) is 0 Å². The van der Waals surface area contributed by atoms with Gasteiger partial charge in [0.2, 0.25) is 0 Å². The number of rotatable bonds is 7. The molecule has 2 unspecified atom stereocenters. The van der Waals surface area contributed by atoms with E-state index in [4.69, 9.17) is 10.8 Å². The van der Waals surface area contributed by atoms with Crippen molar-refractivity contribution >= 4 is 17.7 Å². The smallest absolute Gasteiger partial charge is 0.150 e. The number of aliphatic hydroxyl groups is 2. The third-order valence-corrected chi connectivity index (χ3v) is 4.97. The molecule has 0 aliphatic carbocycles. The van der Waals surface area contributed by atoms with Crippen molar-refractivity contribution in [3.05, 3.63) is 83.3 Å². The summed E-state index contributed by atoms with van der Waals surface area (Å²) in [5.41, 5.74) is 3.31. The van der Waals surface area contributed by atoms with E-state index in [2.05, 4.69) is 10.3 Å². The van der Waals surface area contributed by atoms with E-state index >= 15 is 0 Å². The second kappa shape index (κ2) is 9.27. The zero-order chi connectivity index (χ0) is 20.8. The lowest BCUT2D eigenvalue weighted by atomic mass is 9.84. The minimum atomic E-state index is -1.19. The molecule has 0 fully saturated rings. The number of fused-ring (bicyclic) bond motifs is 1. The highest BCUT2D eigenvalue weighted by molar-refractivity contribution is 6.00. The van der Waals surface area contributed by atoms with Crippen LogP contribution >= 0.6 is 0 Å². The number of hydrogen-bond donors (Lipinski definition) is 5. The van der Waals surface area contributed by atoms with Crippen LogP contribution in [0.5, 0.6) is 0 Å². The summed E-state index contributed by atoms with van der Waals surface area (Å²) in [6.07, 6.45) is 6.25. The van der Waals surface area contributed by atoms with E-state index in [1.807, 2.05) is 24.3 Å². The quantitative estimate of drug-likeness (QED) is 0.368. The molecular formula is C22H25N5O2. The van der Waals surface area contributed by atoms with E-state index in [0.29, 0.717) is 18.7 Å². The average molecular weight is 391 g/mol. The molecule has 1 aliphatic heterocycles. The third kappa shape index (κ3) is 4.59. The molecular weight excluding hydrogens is 366 g/mol. The summed E-state index contributed by atoms with van der Waals surface area (Å²) in [4.78, 5) is 5.72. The van der Waals surface area contributed by atoms with Gasteiger partial charge in [0.15, 0.2) is 0 Å². The maximum absolute atomic E-state index is 10.8. The monoisotopic (exact) mass is 391 g/mol. The number of hydrogen-bond acceptors (Lipinski definition) is 7. The van der Waals surface area contributed by atoms with Crippen LogP contribution < -0.4 is 5.32 Å². The third-order valence-electron chi connectivity index (χ3n) is 4.97. The molecule has 2 heterocycles. The molecule has 1 aromatic heterocycles. The summed E-state index contributed by atoms with van der Waals surface area (Å²) in [6, 6.07) is 11.3. The van der Waals surface area contributed by atoms with Crippen LogP contribution in [0.2, 0.25) is 0 Å². The van der Waals surface area contributed by atoms with Gasteiger partial charge in [0, 0.05) is 62.5 Å². The molecule has 0 saturated carbocycles. The van der Waals surface area contributed by atoms with Crippen LogP contribution in [0, 0.1) is 10.8 Å². The molecule has 29 heavy (non-hydrogen) atoms. The van der Waals surface area contributed by atoms with Gasteiger partial charge in [0.05, 0.1) is 5.71 Å². The summed E-state index contributed by atoms with van der Waals surface area (Å²) >= 11 is 0. The van der Waals surface area contributed by atoms with Crippen molar-refractivity contribution in [1.29, 1.82) is 10.8 Å². The van der Waals surface area contributed by atoms with Crippen molar-refractivity contribution in [2.75, 3.05) is 13.6 Å². The van der Waals surface area contributed by atoms with Crippen LogP contribution in [-0.2, 0) is 6.54 Å². The van der Waals surface area contributed by atoms with Gasteiger partial charge in [0.1, 0.15) is 12.0 Å². The highest BCUT2D eigenvalue weighted by Gasteiger charge is 2.31. The van der Waals surface area contributed by atoms with Crippen LogP contribution in [0.25, 0.3) is 5.76 Å². The second-order valence-corrected chi connectivity index (χ2v) is 6.86. The first kappa shape index (κ1) is 20.4. The standard InChI is InChI=1S/C22H25N5O2/c1-25-11-17(10-23)19-14-27(13-16-5-2-3-7-18(16)19)22(29)20(24)9-21(28)15-6-4-8-26-12-15/h2-12,19,22-25,28-29H,13-14H2,1H3/b17-11+,21-9-,23-10?,24-20?. The molecule has 5 N–H and O–H groups in total. The molecule has 2 aromatic rings. The summed E-state index contributed by atoms with van der Waals surface area (Å²) in [7, 11) is 1.78. The van der Waals surface area contributed by atoms with Gasteiger partial charge < -0.3 is 26.3 Å². The van der Waals surface area contributed by atoms with Gasteiger partial charge in [-0.05, 0) is 28.8 Å². The van der Waals surface area contributed by atoms with Crippen LogP contribution in [0.15, 0.2) is 66.6 Å². The number of nitrogens with one attached hydrogen (secondary N) is 3. The highest BCUT2D eigenvalue weighted by Crippen LogP contribution is 2.33. The zero-order valence-corrected chi connectivity index (χ0v) is 16.2. The summed E-state index contributed by atoms with van der Waals surface area (Å²) in [6.45, 7) is 0.924.